The number of thioether (sulfide) groups is 1. The van der Waals surface area contributed by atoms with Crippen molar-refractivity contribution in [2.75, 3.05) is 18.8 Å². The van der Waals surface area contributed by atoms with Crippen LogP contribution in [0.25, 0.3) is 0 Å². The molecule has 0 heterocycles. The molecule has 0 bridgehead atoms. The summed E-state index contributed by atoms with van der Waals surface area (Å²) in [5.74, 6) is 3.55. The lowest BCUT2D eigenvalue weighted by Gasteiger charge is -2.01. The van der Waals surface area contributed by atoms with Crippen molar-refractivity contribution in [2.24, 2.45) is 0 Å². The minimum absolute atomic E-state index is 0.640. The number of rotatable bonds is 5. The smallest absolute Gasteiger partial charge is 0.0574 e. The molecule has 0 saturated heterocycles. The first-order chi connectivity index (χ1) is 6.83. The minimum Gasteiger partial charge on any atom is -0.305 e. The van der Waals surface area contributed by atoms with Gasteiger partial charge in [-0.2, -0.15) is 0 Å². The summed E-state index contributed by atoms with van der Waals surface area (Å²) in [5, 5.41) is 3.91. The molecule has 1 rings (SSSR count). The standard InChI is InChI=1S/C11H12ClNS/c1-2-7-13-8-9-14-11-5-3-10(12)4-6-11/h1,3-6,13H,7-9H2. The fourth-order valence-electron chi connectivity index (χ4n) is 0.932. The van der Waals surface area contributed by atoms with E-state index in [1.807, 2.05) is 24.3 Å². The van der Waals surface area contributed by atoms with Crippen LogP contribution in [0.2, 0.25) is 5.02 Å². The van der Waals surface area contributed by atoms with Crippen LogP contribution in [-0.4, -0.2) is 18.8 Å². The fraction of sp³-hybridized carbons (Fsp3) is 0.273. The average Bonchev–Trinajstić information content (AvgIpc) is 2.21. The first-order valence-electron chi connectivity index (χ1n) is 4.35. The maximum atomic E-state index is 5.77. The predicted molar refractivity (Wildman–Crippen MR) is 63.9 cm³/mol. The maximum Gasteiger partial charge on any atom is 0.0574 e. The second kappa shape index (κ2) is 6.78. The van der Waals surface area contributed by atoms with Gasteiger partial charge in [0.1, 0.15) is 0 Å². The zero-order valence-electron chi connectivity index (χ0n) is 7.79. The lowest BCUT2D eigenvalue weighted by molar-refractivity contribution is 0.818. The van der Waals surface area contributed by atoms with Crippen LogP contribution in [0.4, 0.5) is 0 Å². The van der Waals surface area contributed by atoms with Crippen molar-refractivity contribution in [3.8, 4) is 12.3 Å². The molecule has 0 unspecified atom stereocenters. The number of halogens is 1. The van der Waals surface area contributed by atoms with Gasteiger partial charge in [0.15, 0.2) is 0 Å². The lowest BCUT2D eigenvalue weighted by Crippen LogP contribution is -2.16. The third-order valence-electron chi connectivity index (χ3n) is 1.59. The summed E-state index contributed by atoms with van der Waals surface area (Å²) in [6, 6.07) is 7.85. The molecule has 0 aliphatic heterocycles. The Morgan fingerprint density at radius 2 is 2.07 bits per heavy atom. The van der Waals surface area contributed by atoms with Crippen molar-refractivity contribution in [3.63, 3.8) is 0 Å². The topological polar surface area (TPSA) is 12.0 Å². The van der Waals surface area contributed by atoms with E-state index >= 15 is 0 Å². The number of terminal acetylenes is 1. The van der Waals surface area contributed by atoms with Gasteiger partial charge in [-0.25, -0.2) is 0 Å². The van der Waals surface area contributed by atoms with E-state index in [9.17, 15) is 0 Å². The molecule has 1 aromatic rings. The molecule has 1 nitrogen and oxygen atoms in total. The molecule has 0 atom stereocenters. The molecule has 0 saturated carbocycles. The highest BCUT2D eigenvalue weighted by Crippen LogP contribution is 2.19. The van der Waals surface area contributed by atoms with Crippen molar-refractivity contribution in [1.29, 1.82) is 0 Å². The quantitative estimate of drug-likeness (QED) is 0.470. The molecule has 14 heavy (non-hydrogen) atoms. The summed E-state index contributed by atoms with van der Waals surface area (Å²) in [6.45, 7) is 1.57. The van der Waals surface area contributed by atoms with E-state index in [2.05, 4.69) is 11.2 Å². The van der Waals surface area contributed by atoms with Gasteiger partial charge in [-0.15, -0.1) is 18.2 Å². The van der Waals surface area contributed by atoms with Gasteiger partial charge in [-0.05, 0) is 24.3 Å². The molecule has 0 aliphatic rings. The van der Waals surface area contributed by atoms with Crippen LogP contribution < -0.4 is 5.32 Å². The van der Waals surface area contributed by atoms with Crippen LogP contribution in [0.3, 0.4) is 0 Å². The SMILES string of the molecule is C#CCNCCSc1ccc(Cl)cc1. The third-order valence-corrected chi connectivity index (χ3v) is 2.85. The van der Waals surface area contributed by atoms with Gasteiger partial charge >= 0.3 is 0 Å². The molecular weight excluding hydrogens is 214 g/mol. The van der Waals surface area contributed by atoms with Crippen LogP contribution in [0.5, 0.6) is 0 Å². The number of benzene rings is 1. The third kappa shape index (κ3) is 4.57. The maximum absolute atomic E-state index is 5.77. The van der Waals surface area contributed by atoms with Gasteiger partial charge in [0, 0.05) is 22.2 Å². The number of nitrogens with one attached hydrogen (secondary N) is 1. The summed E-state index contributed by atoms with van der Waals surface area (Å²) in [5.41, 5.74) is 0. The Morgan fingerprint density at radius 1 is 1.36 bits per heavy atom. The summed E-state index contributed by atoms with van der Waals surface area (Å²) in [4.78, 5) is 1.23. The Kier molecular flexibility index (Phi) is 5.55. The average molecular weight is 226 g/mol. The molecule has 0 spiro atoms. The molecule has 1 aromatic carbocycles. The van der Waals surface area contributed by atoms with Gasteiger partial charge in [-0.3, -0.25) is 0 Å². The van der Waals surface area contributed by atoms with Gasteiger partial charge in [0.05, 0.1) is 6.54 Å². The van der Waals surface area contributed by atoms with Crippen molar-refractivity contribution in [1.82, 2.24) is 5.32 Å². The zero-order valence-corrected chi connectivity index (χ0v) is 9.37. The highest BCUT2D eigenvalue weighted by atomic mass is 35.5. The fourth-order valence-corrected chi connectivity index (χ4v) is 1.87. The molecule has 0 aliphatic carbocycles. The molecule has 3 heteroatoms. The van der Waals surface area contributed by atoms with E-state index in [0.717, 1.165) is 17.3 Å². The van der Waals surface area contributed by atoms with Crippen LogP contribution in [0.15, 0.2) is 29.2 Å². The first-order valence-corrected chi connectivity index (χ1v) is 5.72. The van der Waals surface area contributed by atoms with Crippen LogP contribution in [0.1, 0.15) is 0 Å². The molecule has 0 radical (unpaired) electrons. The van der Waals surface area contributed by atoms with Crippen LogP contribution >= 0.6 is 23.4 Å². The molecule has 74 valence electrons. The van der Waals surface area contributed by atoms with E-state index in [4.69, 9.17) is 18.0 Å². The van der Waals surface area contributed by atoms with E-state index < -0.39 is 0 Å². The Balaban J connectivity index is 2.19. The predicted octanol–water partition coefficient (Wildman–Crippen LogP) is 2.65. The van der Waals surface area contributed by atoms with Gasteiger partial charge in [-0.1, -0.05) is 17.5 Å². The molecule has 1 N–H and O–H groups in total. The van der Waals surface area contributed by atoms with Crippen molar-refractivity contribution in [3.05, 3.63) is 29.3 Å². The normalized spacial score (nSPS) is 9.71. The molecule has 0 amide bonds. The van der Waals surface area contributed by atoms with E-state index in [1.165, 1.54) is 4.90 Å². The van der Waals surface area contributed by atoms with E-state index in [-0.39, 0.29) is 0 Å². The van der Waals surface area contributed by atoms with Gasteiger partial charge < -0.3 is 5.32 Å². The highest BCUT2D eigenvalue weighted by molar-refractivity contribution is 7.99. The van der Waals surface area contributed by atoms with Gasteiger partial charge in [0.2, 0.25) is 0 Å². The largest absolute Gasteiger partial charge is 0.305 e. The van der Waals surface area contributed by atoms with E-state index in [1.54, 1.807) is 11.8 Å². The molecular formula is C11H12ClNS. The summed E-state index contributed by atoms with van der Waals surface area (Å²) < 4.78 is 0. The highest BCUT2D eigenvalue weighted by Gasteiger charge is 1.93. The Hall–Kier alpha value is -0.620. The Labute approximate surface area is 94.2 Å². The first kappa shape index (κ1) is 11.5. The Bertz CT molecular complexity index is 302. The molecule has 0 fully saturated rings. The van der Waals surface area contributed by atoms with Crippen LogP contribution in [-0.2, 0) is 0 Å². The lowest BCUT2D eigenvalue weighted by atomic mass is 10.4. The van der Waals surface area contributed by atoms with E-state index in [0.29, 0.717) is 6.54 Å². The minimum atomic E-state index is 0.640. The number of hydrogen-bond acceptors (Lipinski definition) is 2. The van der Waals surface area contributed by atoms with Crippen molar-refractivity contribution in [2.45, 2.75) is 4.90 Å². The summed E-state index contributed by atoms with van der Waals surface area (Å²) in [7, 11) is 0. The van der Waals surface area contributed by atoms with Crippen LogP contribution in [0, 0.1) is 12.3 Å². The summed E-state index contributed by atoms with van der Waals surface area (Å²) in [6.07, 6.45) is 5.10. The van der Waals surface area contributed by atoms with Crippen molar-refractivity contribution >= 4 is 23.4 Å². The van der Waals surface area contributed by atoms with Crippen molar-refractivity contribution < 1.29 is 0 Å². The summed E-state index contributed by atoms with van der Waals surface area (Å²) >= 11 is 7.56. The monoisotopic (exact) mass is 225 g/mol. The zero-order chi connectivity index (χ0) is 10.2. The van der Waals surface area contributed by atoms with Gasteiger partial charge in [0.25, 0.3) is 0 Å². The number of hydrogen-bond donors (Lipinski definition) is 1. The second-order valence-corrected chi connectivity index (χ2v) is 4.29. The second-order valence-electron chi connectivity index (χ2n) is 2.68. The Morgan fingerprint density at radius 3 is 2.71 bits per heavy atom. The molecule has 0 aromatic heterocycles.